The van der Waals surface area contributed by atoms with Crippen LogP contribution >= 0.6 is 15.9 Å². The molecule has 16 heavy (non-hydrogen) atoms. The van der Waals surface area contributed by atoms with E-state index in [1.165, 1.54) is 0 Å². The fourth-order valence-electron chi connectivity index (χ4n) is 2.08. The highest BCUT2D eigenvalue weighted by molar-refractivity contribution is 9.10. The summed E-state index contributed by atoms with van der Waals surface area (Å²) in [5.74, 6) is 0.783. The molecule has 0 radical (unpaired) electrons. The van der Waals surface area contributed by atoms with Crippen molar-refractivity contribution in [2.75, 3.05) is 7.11 Å². The van der Waals surface area contributed by atoms with Crippen molar-refractivity contribution in [1.82, 2.24) is 0 Å². The molecule has 1 aromatic rings. The van der Waals surface area contributed by atoms with Gasteiger partial charge < -0.3 is 9.84 Å². The molecular weight excluding hydrogens is 268 g/mol. The molecule has 0 heterocycles. The highest BCUT2D eigenvalue weighted by Crippen LogP contribution is 2.41. The summed E-state index contributed by atoms with van der Waals surface area (Å²) in [5, 5.41) is 10.2. The third-order valence-corrected chi connectivity index (χ3v) is 4.17. The fraction of sp³-hybridized carbons (Fsp3) is 0.538. The predicted molar refractivity (Wildman–Crippen MR) is 70.1 cm³/mol. The molecule has 0 unspecified atom stereocenters. The Morgan fingerprint density at radius 3 is 1.94 bits per heavy atom. The van der Waals surface area contributed by atoms with Gasteiger partial charge in [0.05, 0.1) is 12.7 Å². The van der Waals surface area contributed by atoms with Crippen molar-refractivity contribution in [3.05, 3.63) is 26.7 Å². The molecule has 90 valence electrons. The summed E-state index contributed by atoms with van der Waals surface area (Å²) in [6.45, 7) is 9.60. The Balaban J connectivity index is 3.72. The molecule has 0 aliphatic rings. The first-order valence-corrected chi connectivity index (χ1v) is 6.07. The van der Waals surface area contributed by atoms with E-state index in [4.69, 9.17) is 4.74 Å². The molecule has 0 spiro atoms. The molecule has 0 aliphatic heterocycles. The van der Waals surface area contributed by atoms with Crippen LogP contribution in [-0.4, -0.2) is 12.2 Å². The van der Waals surface area contributed by atoms with Crippen molar-refractivity contribution < 1.29 is 9.84 Å². The van der Waals surface area contributed by atoms with E-state index in [1.807, 2.05) is 20.8 Å². The van der Waals surface area contributed by atoms with Gasteiger partial charge in [0.1, 0.15) is 5.75 Å². The monoisotopic (exact) mass is 286 g/mol. The van der Waals surface area contributed by atoms with Crippen LogP contribution < -0.4 is 4.74 Å². The van der Waals surface area contributed by atoms with Crippen LogP contribution in [0, 0.1) is 20.8 Å². The minimum Gasteiger partial charge on any atom is -0.496 e. The largest absolute Gasteiger partial charge is 0.496 e. The number of benzene rings is 1. The van der Waals surface area contributed by atoms with Gasteiger partial charge in [0.25, 0.3) is 0 Å². The van der Waals surface area contributed by atoms with Gasteiger partial charge in [-0.3, -0.25) is 0 Å². The zero-order chi connectivity index (χ0) is 12.7. The molecule has 0 saturated carbocycles. The number of methoxy groups -OCH3 is 1. The van der Waals surface area contributed by atoms with Crippen LogP contribution in [0.2, 0.25) is 0 Å². The van der Waals surface area contributed by atoms with E-state index in [9.17, 15) is 5.11 Å². The minimum atomic E-state index is -0.906. The topological polar surface area (TPSA) is 29.5 Å². The van der Waals surface area contributed by atoms with E-state index >= 15 is 0 Å². The smallest absolute Gasteiger partial charge is 0.128 e. The summed E-state index contributed by atoms with van der Waals surface area (Å²) in [7, 11) is 1.64. The molecule has 1 rings (SSSR count). The number of hydrogen-bond acceptors (Lipinski definition) is 2. The maximum atomic E-state index is 10.2. The fourth-order valence-corrected chi connectivity index (χ4v) is 2.57. The van der Waals surface area contributed by atoms with Gasteiger partial charge in [-0.25, -0.2) is 0 Å². The summed E-state index contributed by atoms with van der Waals surface area (Å²) < 4.78 is 6.48. The van der Waals surface area contributed by atoms with E-state index in [2.05, 4.69) is 15.9 Å². The second kappa shape index (κ2) is 4.38. The Morgan fingerprint density at radius 2 is 1.56 bits per heavy atom. The molecule has 0 aliphatic carbocycles. The molecule has 1 N–H and O–H groups in total. The second-order valence-corrected chi connectivity index (χ2v) is 5.45. The lowest BCUT2D eigenvalue weighted by Crippen LogP contribution is -2.20. The van der Waals surface area contributed by atoms with Crippen molar-refractivity contribution in [2.24, 2.45) is 0 Å². The Kier molecular flexibility index (Phi) is 3.70. The number of aliphatic hydroxyl groups is 1. The maximum absolute atomic E-state index is 10.2. The van der Waals surface area contributed by atoms with Crippen LogP contribution in [0.3, 0.4) is 0 Å². The van der Waals surface area contributed by atoms with Crippen molar-refractivity contribution in [1.29, 1.82) is 0 Å². The van der Waals surface area contributed by atoms with Crippen molar-refractivity contribution in [3.8, 4) is 5.75 Å². The Hall–Kier alpha value is -0.540. The van der Waals surface area contributed by atoms with E-state index < -0.39 is 5.60 Å². The first-order chi connectivity index (χ1) is 7.21. The van der Waals surface area contributed by atoms with E-state index in [-0.39, 0.29) is 0 Å². The van der Waals surface area contributed by atoms with Crippen LogP contribution in [0.25, 0.3) is 0 Å². The van der Waals surface area contributed by atoms with Crippen LogP contribution in [-0.2, 0) is 5.60 Å². The lowest BCUT2D eigenvalue weighted by Gasteiger charge is -2.26. The second-order valence-electron chi connectivity index (χ2n) is 4.66. The zero-order valence-electron chi connectivity index (χ0n) is 10.7. The Morgan fingerprint density at radius 1 is 1.06 bits per heavy atom. The molecule has 0 atom stereocenters. The van der Waals surface area contributed by atoms with Gasteiger partial charge in [0, 0.05) is 10.0 Å². The van der Waals surface area contributed by atoms with Gasteiger partial charge in [-0.15, -0.1) is 0 Å². The summed E-state index contributed by atoms with van der Waals surface area (Å²) >= 11 is 3.57. The van der Waals surface area contributed by atoms with Gasteiger partial charge in [-0.05, 0) is 51.3 Å². The average molecular weight is 287 g/mol. The summed E-state index contributed by atoms with van der Waals surface area (Å²) in [6, 6.07) is 0. The maximum Gasteiger partial charge on any atom is 0.128 e. The van der Waals surface area contributed by atoms with Crippen molar-refractivity contribution in [3.63, 3.8) is 0 Å². The minimum absolute atomic E-state index is 0.783. The molecule has 0 aromatic heterocycles. The molecular formula is C13H19BrO2. The van der Waals surface area contributed by atoms with Gasteiger partial charge in [-0.1, -0.05) is 15.9 Å². The van der Waals surface area contributed by atoms with E-state index in [0.29, 0.717) is 0 Å². The normalized spacial score (nSPS) is 11.8. The van der Waals surface area contributed by atoms with Crippen LogP contribution in [0.15, 0.2) is 4.47 Å². The molecule has 0 saturated heterocycles. The number of rotatable bonds is 2. The van der Waals surface area contributed by atoms with Crippen LogP contribution in [0.4, 0.5) is 0 Å². The summed E-state index contributed by atoms with van der Waals surface area (Å²) in [4.78, 5) is 0. The first-order valence-electron chi connectivity index (χ1n) is 5.27. The highest BCUT2D eigenvalue weighted by atomic mass is 79.9. The lowest BCUT2D eigenvalue weighted by atomic mass is 9.89. The average Bonchev–Trinajstić information content (AvgIpc) is 2.18. The highest BCUT2D eigenvalue weighted by Gasteiger charge is 2.27. The molecule has 0 fully saturated rings. The SMILES string of the molecule is COc1c(C)c(C)c(Br)c(C)c1C(C)(C)O. The third-order valence-electron chi connectivity index (χ3n) is 2.98. The first kappa shape index (κ1) is 13.5. The van der Waals surface area contributed by atoms with Gasteiger partial charge in [-0.2, -0.15) is 0 Å². The van der Waals surface area contributed by atoms with Crippen molar-refractivity contribution in [2.45, 2.75) is 40.2 Å². The third kappa shape index (κ3) is 2.11. The quantitative estimate of drug-likeness (QED) is 0.900. The zero-order valence-corrected chi connectivity index (χ0v) is 12.3. The number of halogens is 1. The Labute approximate surface area is 106 Å². The summed E-state index contributed by atoms with van der Waals surface area (Å²) in [6.07, 6.45) is 0. The van der Waals surface area contributed by atoms with E-state index in [0.717, 1.165) is 32.5 Å². The Bertz CT molecular complexity index is 417. The molecule has 2 nitrogen and oxygen atoms in total. The summed E-state index contributed by atoms with van der Waals surface area (Å²) in [5.41, 5.74) is 3.20. The molecule has 3 heteroatoms. The van der Waals surface area contributed by atoms with Crippen LogP contribution in [0.1, 0.15) is 36.1 Å². The molecule has 1 aromatic carbocycles. The van der Waals surface area contributed by atoms with Crippen LogP contribution in [0.5, 0.6) is 5.75 Å². The molecule has 0 amide bonds. The predicted octanol–water partition coefficient (Wildman–Crippen LogP) is 3.61. The van der Waals surface area contributed by atoms with Crippen molar-refractivity contribution >= 4 is 15.9 Å². The molecule has 0 bridgehead atoms. The van der Waals surface area contributed by atoms with Gasteiger partial charge in [0.15, 0.2) is 0 Å². The number of hydrogen-bond donors (Lipinski definition) is 1. The van der Waals surface area contributed by atoms with E-state index in [1.54, 1.807) is 21.0 Å². The lowest BCUT2D eigenvalue weighted by molar-refractivity contribution is 0.0747. The number of ether oxygens (including phenoxy) is 1. The standard InChI is InChI=1S/C13H19BrO2/c1-7-8(2)12(16-6)10(13(4,5)15)9(3)11(7)14/h15H,1-6H3. The van der Waals surface area contributed by atoms with Gasteiger partial charge >= 0.3 is 0 Å². The van der Waals surface area contributed by atoms with Gasteiger partial charge in [0.2, 0.25) is 0 Å².